The maximum atomic E-state index is 10.6. The van der Waals surface area contributed by atoms with Crippen molar-refractivity contribution < 1.29 is 24.9 Å². The predicted molar refractivity (Wildman–Crippen MR) is 78.8 cm³/mol. The van der Waals surface area contributed by atoms with E-state index in [0.717, 1.165) is 12.8 Å². The third kappa shape index (κ3) is 4.64. The van der Waals surface area contributed by atoms with Crippen LogP contribution in [0.15, 0.2) is 11.3 Å². The van der Waals surface area contributed by atoms with E-state index in [1.165, 1.54) is 33.6 Å². The standard InChI is InChI=1S/C9H16O2.C7H10O3/c10-8-5-9(11)7-4-2-1-3-6(7)8;1-4(8)7(5(2)9)6(3)10/h6-11H,1-5H2;8H,1-3H3. The van der Waals surface area contributed by atoms with Gasteiger partial charge in [-0.05, 0) is 51.9 Å². The van der Waals surface area contributed by atoms with E-state index < -0.39 is 11.6 Å². The van der Waals surface area contributed by atoms with E-state index in [-0.39, 0.29) is 23.5 Å². The van der Waals surface area contributed by atoms with E-state index in [4.69, 9.17) is 5.11 Å². The molecule has 0 bridgehead atoms. The summed E-state index contributed by atoms with van der Waals surface area (Å²) in [7, 11) is 0. The molecule has 2 aliphatic carbocycles. The summed E-state index contributed by atoms with van der Waals surface area (Å²) in [5.74, 6) is -0.169. The Morgan fingerprint density at radius 2 is 1.24 bits per heavy atom. The van der Waals surface area contributed by atoms with Gasteiger partial charge in [-0.25, -0.2) is 0 Å². The monoisotopic (exact) mass is 298 g/mol. The molecule has 0 spiro atoms. The number of carbonyl (C=O) groups excluding carboxylic acids is 2. The SMILES string of the molecule is CC(=O)C(C(C)=O)=C(C)O.OC1CC(O)C2CCCCC12. The maximum Gasteiger partial charge on any atom is 0.166 e. The molecule has 2 rings (SSSR count). The van der Waals surface area contributed by atoms with Crippen molar-refractivity contribution in [2.24, 2.45) is 11.8 Å². The number of Topliss-reactive ketones (excluding diaryl/α,β-unsaturated/α-hetero) is 2. The number of aliphatic hydroxyl groups is 3. The highest BCUT2D eigenvalue weighted by Gasteiger charge is 2.42. The topological polar surface area (TPSA) is 94.8 Å². The highest BCUT2D eigenvalue weighted by atomic mass is 16.3. The molecule has 120 valence electrons. The molecule has 0 saturated heterocycles. The van der Waals surface area contributed by atoms with Crippen LogP contribution in [0.5, 0.6) is 0 Å². The van der Waals surface area contributed by atoms with E-state index in [1.54, 1.807) is 0 Å². The van der Waals surface area contributed by atoms with Crippen LogP contribution < -0.4 is 0 Å². The Balaban J connectivity index is 0.000000212. The summed E-state index contributed by atoms with van der Waals surface area (Å²) in [5, 5.41) is 27.9. The van der Waals surface area contributed by atoms with Gasteiger partial charge >= 0.3 is 0 Å². The summed E-state index contributed by atoms with van der Waals surface area (Å²) >= 11 is 0. The fraction of sp³-hybridized carbons (Fsp3) is 0.750. The van der Waals surface area contributed by atoms with Gasteiger partial charge in [0.25, 0.3) is 0 Å². The Morgan fingerprint density at radius 1 is 0.857 bits per heavy atom. The first kappa shape index (κ1) is 17.9. The summed E-state index contributed by atoms with van der Waals surface area (Å²) in [4.78, 5) is 21.2. The number of carbonyl (C=O) groups is 2. The van der Waals surface area contributed by atoms with Gasteiger partial charge in [0.05, 0.1) is 17.8 Å². The summed E-state index contributed by atoms with van der Waals surface area (Å²) in [6.45, 7) is 3.81. The molecule has 21 heavy (non-hydrogen) atoms. The molecule has 2 aliphatic rings. The van der Waals surface area contributed by atoms with Gasteiger partial charge in [-0.3, -0.25) is 9.59 Å². The van der Waals surface area contributed by atoms with Crippen LogP contribution in [0.1, 0.15) is 52.9 Å². The van der Waals surface area contributed by atoms with Crippen molar-refractivity contribution in [2.45, 2.75) is 65.1 Å². The first-order chi connectivity index (χ1) is 9.75. The van der Waals surface area contributed by atoms with E-state index in [1.807, 2.05) is 0 Å². The van der Waals surface area contributed by atoms with Crippen molar-refractivity contribution in [1.82, 2.24) is 0 Å². The molecule has 0 aliphatic heterocycles. The van der Waals surface area contributed by atoms with Gasteiger partial charge in [-0.15, -0.1) is 0 Å². The van der Waals surface area contributed by atoms with Gasteiger partial charge in [-0.1, -0.05) is 12.8 Å². The van der Waals surface area contributed by atoms with E-state index in [2.05, 4.69) is 0 Å². The molecule has 0 amide bonds. The number of allylic oxidation sites excluding steroid dienone is 2. The van der Waals surface area contributed by atoms with Gasteiger partial charge in [0, 0.05) is 0 Å². The van der Waals surface area contributed by atoms with E-state index in [0.29, 0.717) is 18.3 Å². The van der Waals surface area contributed by atoms with E-state index in [9.17, 15) is 19.8 Å². The lowest BCUT2D eigenvalue weighted by Crippen LogP contribution is -2.25. The fourth-order valence-corrected chi connectivity index (χ4v) is 3.50. The maximum absolute atomic E-state index is 10.6. The van der Waals surface area contributed by atoms with Crippen molar-refractivity contribution >= 4 is 11.6 Å². The normalized spacial score (nSPS) is 30.7. The molecule has 4 unspecified atom stereocenters. The molecule has 4 atom stereocenters. The largest absolute Gasteiger partial charge is 0.512 e. The first-order valence-corrected chi connectivity index (χ1v) is 7.53. The lowest BCUT2D eigenvalue weighted by molar-refractivity contribution is -0.119. The zero-order chi connectivity index (χ0) is 16.2. The second kappa shape index (κ2) is 7.71. The van der Waals surface area contributed by atoms with Gasteiger partial charge in [0.1, 0.15) is 5.76 Å². The first-order valence-electron chi connectivity index (χ1n) is 7.53. The van der Waals surface area contributed by atoms with Crippen LogP contribution in [0, 0.1) is 11.8 Å². The summed E-state index contributed by atoms with van der Waals surface area (Å²) in [5.41, 5.74) is -0.111. The second-order valence-electron chi connectivity index (χ2n) is 6.06. The Bertz CT molecular complexity index is 390. The summed E-state index contributed by atoms with van der Waals surface area (Å²) in [6.07, 6.45) is 4.93. The molecule has 2 fully saturated rings. The highest BCUT2D eigenvalue weighted by molar-refractivity contribution is 6.18. The average Bonchev–Trinajstić information content (AvgIpc) is 2.65. The van der Waals surface area contributed by atoms with Crippen molar-refractivity contribution in [3.05, 3.63) is 11.3 Å². The van der Waals surface area contributed by atoms with Crippen LogP contribution in [0.2, 0.25) is 0 Å². The van der Waals surface area contributed by atoms with Gasteiger partial charge in [0.2, 0.25) is 0 Å². The number of hydrogen-bond acceptors (Lipinski definition) is 5. The average molecular weight is 298 g/mol. The smallest absolute Gasteiger partial charge is 0.166 e. The zero-order valence-electron chi connectivity index (χ0n) is 13.0. The molecule has 0 radical (unpaired) electrons. The van der Waals surface area contributed by atoms with Crippen molar-refractivity contribution in [3.8, 4) is 0 Å². The van der Waals surface area contributed by atoms with Crippen LogP contribution in [0.4, 0.5) is 0 Å². The Morgan fingerprint density at radius 3 is 1.48 bits per heavy atom. The molecule has 0 aromatic rings. The number of ketones is 2. The Kier molecular flexibility index (Phi) is 6.55. The van der Waals surface area contributed by atoms with Crippen LogP contribution >= 0.6 is 0 Å². The predicted octanol–water partition coefficient (Wildman–Crippen LogP) is 1.91. The fourth-order valence-electron chi connectivity index (χ4n) is 3.50. The molecule has 2 saturated carbocycles. The van der Waals surface area contributed by atoms with Crippen LogP contribution in [-0.4, -0.2) is 39.1 Å². The highest BCUT2D eigenvalue weighted by Crippen LogP contribution is 2.42. The lowest BCUT2D eigenvalue weighted by Gasteiger charge is -2.27. The minimum absolute atomic E-state index is 0.111. The van der Waals surface area contributed by atoms with Crippen molar-refractivity contribution in [3.63, 3.8) is 0 Å². The molecular formula is C16H26O5. The second-order valence-corrected chi connectivity index (χ2v) is 6.06. The molecule has 0 aromatic heterocycles. The Hall–Kier alpha value is -1.20. The summed E-state index contributed by atoms with van der Waals surface area (Å²) < 4.78 is 0. The molecular weight excluding hydrogens is 272 g/mol. The minimum Gasteiger partial charge on any atom is -0.512 e. The number of fused-ring (bicyclic) bond motifs is 1. The molecule has 0 heterocycles. The van der Waals surface area contributed by atoms with Gasteiger partial charge in [-0.2, -0.15) is 0 Å². The van der Waals surface area contributed by atoms with Crippen molar-refractivity contribution in [1.29, 1.82) is 0 Å². The minimum atomic E-state index is -0.396. The zero-order valence-corrected chi connectivity index (χ0v) is 13.0. The third-order valence-electron chi connectivity index (χ3n) is 4.41. The molecule has 5 heteroatoms. The van der Waals surface area contributed by atoms with E-state index >= 15 is 0 Å². The van der Waals surface area contributed by atoms with Crippen LogP contribution in [-0.2, 0) is 9.59 Å². The Labute approximate surface area is 125 Å². The van der Waals surface area contributed by atoms with Crippen molar-refractivity contribution in [2.75, 3.05) is 0 Å². The molecule has 0 aromatic carbocycles. The van der Waals surface area contributed by atoms with Crippen LogP contribution in [0.3, 0.4) is 0 Å². The molecule has 3 N–H and O–H groups in total. The number of hydrogen-bond donors (Lipinski definition) is 3. The molecule has 5 nitrogen and oxygen atoms in total. The number of rotatable bonds is 2. The lowest BCUT2D eigenvalue weighted by atomic mass is 9.80. The van der Waals surface area contributed by atoms with Crippen LogP contribution in [0.25, 0.3) is 0 Å². The van der Waals surface area contributed by atoms with Gasteiger partial charge < -0.3 is 15.3 Å². The summed E-state index contributed by atoms with van der Waals surface area (Å²) in [6, 6.07) is 0. The van der Waals surface area contributed by atoms with Gasteiger partial charge in [0.15, 0.2) is 11.6 Å². The quantitative estimate of drug-likeness (QED) is 0.313. The third-order valence-corrected chi connectivity index (χ3v) is 4.41. The number of aliphatic hydroxyl groups excluding tert-OH is 3.